The molecule has 0 spiro atoms. The van der Waals surface area contributed by atoms with Crippen LogP contribution in [0.2, 0.25) is 0 Å². The third-order valence-electron chi connectivity index (χ3n) is 4.82. The molecule has 0 saturated heterocycles. The van der Waals surface area contributed by atoms with Crippen molar-refractivity contribution in [3.05, 3.63) is 35.4 Å². The summed E-state index contributed by atoms with van der Waals surface area (Å²) < 4.78 is 0. The second-order valence-corrected chi connectivity index (χ2v) is 5.77. The Kier molecular flexibility index (Phi) is 4.61. The summed E-state index contributed by atoms with van der Waals surface area (Å²) in [6.07, 6.45) is 2.94. The van der Waals surface area contributed by atoms with Crippen molar-refractivity contribution in [2.24, 2.45) is 11.1 Å². The van der Waals surface area contributed by atoms with Gasteiger partial charge in [-0.15, -0.1) is 0 Å². The number of fused-ring (bicyclic) bond motifs is 1. The first-order valence-corrected chi connectivity index (χ1v) is 7.34. The quantitative estimate of drug-likeness (QED) is 0.738. The van der Waals surface area contributed by atoms with Gasteiger partial charge in [-0.1, -0.05) is 38.1 Å². The molecule has 2 unspecified atom stereocenters. The Balaban J connectivity index is 2.06. The zero-order valence-corrected chi connectivity index (χ0v) is 12.0. The summed E-state index contributed by atoms with van der Waals surface area (Å²) in [5, 5.41) is 13.3. The van der Waals surface area contributed by atoms with Gasteiger partial charge in [0.1, 0.15) is 0 Å². The first-order valence-electron chi connectivity index (χ1n) is 7.34. The molecule has 3 nitrogen and oxygen atoms in total. The molecule has 106 valence electrons. The molecule has 0 aliphatic heterocycles. The fraction of sp³-hybridized carbons (Fsp3) is 0.625. The van der Waals surface area contributed by atoms with Gasteiger partial charge in [0, 0.05) is 30.7 Å². The number of nitrogens with one attached hydrogen (secondary N) is 1. The van der Waals surface area contributed by atoms with E-state index < -0.39 is 0 Å². The lowest BCUT2D eigenvalue weighted by Crippen LogP contribution is -2.38. The standard InChI is InChI=1S/C16H26N2O/c1-3-16(4-2,11-19)10-18-15-9-14(17)12-7-5-6-8-13(12)15/h5-8,14-15,18-19H,3-4,9-11,17H2,1-2H3. The number of nitrogens with two attached hydrogens (primary N) is 1. The van der Waals surface area contributed by atoms with Crippen molar-refractivity contribution in [1.29, 1.82) is 0 Å². The molecule has 1 aliphatic rings. The van der Waals surface area contributed by atoms with E-state index >= 15 is 0 Å². The van der Waals surface area contributed by atoms with Crippen LogP contribution in [0.25, 0.3) is 0 Å². The molecule has 1 aromatic rings. The minimum absolute atomic E-state index is 0.00162. The Labute approximate surface area is 116 Å². The largest absolute Gasteiger partial charge is 0.396 e. The van der Waals surface area contributed by atoms with E-state index in [9.17, 15) is 5.11 Å². The molecule has 4 N–H and O–H groups in total. The fourth-order valence-electron chi connectivity index (χ4n) is 2.99. The SMILES string of the molecule is CCC(CC)(CO)CNC1CC(N)c2ccccc21. The van der Waals surface area contributed by atoms with Crippen LogP contribution in [0.4, 0.5) is 0 Å². The minimum atomic E-state index is 0.00162. The molecule has 0 aromatic heterocycles. The van der Waals surface area contributed by atoms with Crippen molar-refractivity contribution in [2.75, 3.05) is 13.2 Å². The van der Waals surface area contributed by atoms with Crippen LogP contribution in [0.15, 0.2) is 24.3 Å². The van der Waals surface area contributed by atoms with E-state index in [0.29, 0.717) is 6.04 Å². The first-order chi connectivity index (χ1) is 9.15. The van der Waals surface area contributed by atoms with Crippen molar-refractivity contribution >= 4 is 0 Å². The second-order valence-electron chi connectivity index (χ2n) is 5.77. The zero-order valence-electron chi connectivity index (χ0n) is 12.0. The van der Waals surface area contributed by atoms with Crippen LogP contribution >= 0.6 is 0 Å². The predicted octanol–water partition coefficient (Wildman–Crippen LogP) is 2.52. The smallest absolute Gasteiger partial charge is 0.0499 e. The van der Waals surface area contributed by atoms with Crippen molar-refractivity contribution < 1.29 is 5.11 Å². The van der Waals surface area contributed by atoms with E-state index in [1.165, 1.54) is 11.1 Å². The van der Waals surface area contributed by atoms with Gasteiger partial charge in [-0.3, -0.25) is 0 Å². The Bertz CT molecular complexity index is 407. The van der Waals surface area contributed by atoms with Crippen LogP contribution in [0, 0.1) is 5.41 Å². The maximum atomic E-state index is 9.63. The zero-order chi connectivity index (χ0) is 13.9. The molecular formula is C16H26N2O. The Hall–Kier alpha value is -0.900. The highest BCUT2D eigenvalue weighted by Crippen LogP contribution is 2.37. The van der Waals surface area contributed by atoms with E-state index in [1.54, 1.807) is 0 Å². The number of hydrogen-bond acceptors (Lipinski definition) is 3. The highest BCUT2D eigenvalue weighted by molar-refractivity contribution is 5.37. The summed E-state index contributed by atoms with van der Waals surface area (Å²) in [7, 11) is 0. The molecule has 2 rings (SSSR count). The average molecular weight is 262 g/mol. The molecular weight excluding hydrogens is 236 g/mol. The molecule has 0 radical (unpaired) electrons. The van der Waals surface area contributed by atoms with E-state index in [4.69, 9.17) is 5.73 Å². The Morgan fingerprint density at radius 2 is 1.89 bits per heavy atom. The highest BCUT2D eigenvalue weighted by atomic mass is 16.3. The van der Waals surface area contributed by atoms with Crippen molar-refractivity contribution in [3.8, 4) is 0 Å². The molecule has 0 saturated carbocycles. The minimum Gasteiger partial charge on any atom is -0.396 e. The van der Waals surface area contributed by atoms with Gasteiger partial charge in [0.15, 0.2) is 0 Å². The number of aliphatic hydroxyl groups excluding tert-OH is 1. The van der Waals surface area contributed by atoms with Crippen molar-refractivity contribution in [2.45, 2.75) is 45.2 Å². The highest BCUT2D eigenvalue weighted by Gasteiger charge is 2.31. The molecule has 1 aliphatic carbocycles. The number of benzene rings is 1. The Morgan fingerprint density at radius 3 is 2.47 bits per heavy atom. The van der Waals surface area contributed by atoms with Gasteiger partial charge in [-0.25, -0.2) is 0 Å². The van der Waals surface area contributed by atoms with Crippen LogP contribution < -0.4 is 11.1 Å². The Morgan fingerprint density at radius 1 is 1.26 bits per heavy atom. The lowest BCUT2D eigenvalue weighted by molar-refractivity contribution is 0.109. The molecule has 0 heterocycles. The molecule has 0 amide bonds. The van der Waals surface area contributed by atoms with Crippen LogP contribution in [0.5, 0.6) is 0 Å². The third-order valence-corrected chi connectivity index (χ3v) is 4.82. The molecule has 3 heteroatoms. The van der Waals surface area contributed by atoms with Gasteiger partial charge in [0.2, 0.25) is 0 Å². The maximum Gasteiger partial charge on any atom is 0.0499 e. The van der Waals surface area contributed by atoms with E-state index in [-0.39, 0.29) is 18.1 Å². The van der Waals surface area contributed by atoms with Gasteiger partial charge >= 0.3 is 0 Å². The first kappa shape index (κ1) is 14.5. The summed E-state index contributed by atoms with van der Waals surface area (Å²) in [6, 6.07) is 8.89. The third kappa shape index (κ3) is 2.83. The number of hydrogen-bond donors (Lipinski definition) is 3. The van der Waals surface area contributed by atoms with Crippen LogP contribution in [-0.2, 0) is 0 Å². The van der Waals surface area contributed by atoms with Crippen LogP contribution in [-0.4, -0.2) is 18.3 Å². The predicted molar refractivity (Wildman–Crippen MR) is 78.8 cm³/mol. The normalized spacial score (nSPS) is 22.5. The van der Waals surface area contributed by atoms with Gasteiger partial charge in [-0.2, -0.15) is 0 Å². The maximum absolute atomic E-state index is 9.63. The second kappa shape index (κ2) is 6.04. The van der Waals surface area contributed by atoms with Crippen LogP contribution in [0.3, 0.4) is 0 Å². The summed E-state index contributed by atoms with van der Waals surface area (Å²) >= 11 is 0. The summed E-state index contributed by atoms with van der Waals surface area (Å²) in [5.74, 6) is 0. The number of rotatable bonds is 6. The summed E-state index contributed by atoms with van der Waals surface area (Å²) in [5.41, 5.74) is 8.78. The topological polar surface area (TPSA) is 58.3 Å². The van der Waals surface area contributed by atoms with Crippen molar-refractivity contribution in [1.82, 2.24) is 5.32 Å². The molecule has 1 aromatic carbocycles. The van der Waals surface area contributed by atoms with Gasteiger partial charge < -0.3 is 16.2 Å². The van der Waals surface area contributed by atoms with Gasteiger partial charge in [-0.05, 0) is 30.4 Å². The lowest BCUT2D eigenvalue weighted by Gasteiger charge is -2.31. The fourth-order valence-corrected chi connectivity index (χ4v) is 2.99. The van der Waals surface area contributed by atoms with E-state index in [0.717, 1.165) is 25.8 Å². The summed E-state index contributed by atoms with van der Waals surface area (Å²) in [4.78, 5) is 0. The van der Waals surface area contributed by atoms with Crippen LogP contribution in [0.1, 0.15) is 56.3 Å². The van der Waals surface area contributed by atoms with Crippen molar-refractivity contribution in [3.63, 3.8) is 0 Å². The van der Waals surface area contributed by atoms with E-state index in [2.05, 4.69) is 43.4 Å². The monoisotopic (exact) mass is 262 g/mol. The molecule has 0 bridgehead atoms. The lowest BCUT2D eigenvalue weighted by atomic mass is 9.83. The van der Waals surface area contributed by atoms with Gasteiger partial charge in [0.25, 0.3) is 0 Å². The number of aliphatic hydroxyl groups is 1. The summed E-state index contributed by atoms with van der Waals surface area (Å²) in [6.45, 7) is 5.39. The molecule has 19 heavy (non-hydrogen) atoms. The van der Waals surface area contributed by atoms with Gasteiger partial charge in [0.05, 0.1) is 0 Å². The average Bonchev–Trinajstić information content (AvgIpc) is 2.78. The molecule has 0 fully saturated rings. The van der Waals surface area contributed by atoms with E-state index in [1.807, 2.05) is 0 Å². The molecule has 2 atom stereocenters.